The molecule has 1 saturated carbocycles. The van der Waals surface area contributed by atoms with Gasteiger partial charge in [0.1, 0.15) is 0 Å². The van der Waals surface area contributed by atoms with E-state index in [1.165, 1.54) is 18.9 Å². The van der Waals surface area contributed by atoms with E-state index in [9.17, 15) is 8.60 Å². The van der Waals surface area contributed by atoms with Crippen molar-refractivity contribution < 1.29 is 13.3 Å². The monoisotopic (exact) mass is 417 g/mol. The SMILES string of the molecule is CN=C(NCCS(=O)c1ccccc1)NC(C)c1ccc(OCC2CC2)c(F)c1. The lowest BCUT2D eigenvalue weighted by molar-refractivity contribution is 0.285. The van der Waals surface area contributed by atoms with Crippen molar-refractivity contribution in [1.82, 2.24) is 10.6 Å². The second-order valence-electron chi connectivity index (χ2n) is 7.17. The van der Waals surface area contributed by atoms with E-state index in [4.69, 9.17) is 4.74 Å². The normalized spacial score (nSPS) is 16.2. The third-order valence-electron chi connectivity index (χ3n) is 4.79. The molecule has 2 aromatic carbocycles. The first-order chi connectivity index (χ1) is 14.1. The zero-order valence-corrected chi connectivity index (χ0v) is 17.7. The summed E-state index contributed by atoms with van der Waals surface area (Å²) in [5.41, 5.74) is 0.803. The molecule has 0 heterocycles. The molecule has 156 valence electrons. The molecule has 1 aliphatic carbocycles. The average Bonchev–Trinajstić information content (AvgIpc) is 3.57. The highest BCUT2D eigenvalue weighted by Crippen LogP contribution is 2.30. The van der Waals surface area contributed by atoms with Gasteiger partial charge < -0.3 is 15.4 Å². The predicted octanol–water partition coefficient (Wildman–Crippen LogP) is 3.65. The maximum Gasteiger partial charge on any atom is 0.191 e. The first-order valence-electron chi connectivity index (χ1n) is 9.89. The van der Waals surface area contributed by atoms with Crippen molar-refractivity contribution in [2.75, 3.05) is 26.0 Å². The summed E-state index contributed by atoms with van der Waals surface area (Å²) in [6.07, 6.45) is 2.34. The van der Waals surface area contributed by atoms with Crippen molar-refractivity contribution in [2.45, 2.75) is 30.7 Å². The lowest BCUT2D eigenvalue weighted by Crippen LogP contribution is -2.40. The van der Waals surface area contributed by atoms with Gasteiger partial charge in [0.15, 0.2) is 17.5 Å². The van der Waals surface area contributed by atoms with Crippen LogP contribution in [0.1, 0.15) is 31.4 Å². The van der Waals surface area contributed by atoms with Crippen LogP contribution in [0.25, 0.3) is 0 Å². The molecule has 3 rings (SSSR count). The fraction of sp³-hybridized carbons (Fsp3) is 0.409. The lowest BCUT2D eigenvalue weighted by Gasteiger charge is -2.19. The predicted molar refractivity (Wildman–Crippen MR) is 115 cm³/mol. The highest BCUT2D eigenvalue weighted by atomic mass is 32.2. The number of ether oxygens (including phenoxy) is 1. The fourth-order valence-corrected chi connectivity index (χ4v) is 3.81. The number of aliphatic imine (C=N–C) groups is 1. The Bertz CT molecular complexity index is 856. The summed E-state index contributed by atoms with van der Waals surface area (Å²) in [6.45, 7) is 3.04. The summed E-state index contributed by atoms with van der Waals surface area (Å²) in [6, 6.07) is 14.3. The molecule has 0 saturated heterocycles. The Balaban J connectivity index is 1.48. The number of halogens is 1. The van der Waals surface area contributed by atoms with Gasteiger partial charge in [0.25, 0.3) is 0 Å². The van der Waals surface area contributed by atoms with Crippen LogP contribution in [0.15, 0.2) is 58.4 Å². The molecular weight excluding hydrogens is 389 g/mol. The van der Waals surface area contributed by atoms with Crippen LogP contribution in [-0.2, 0) is 10.8 Å². The van der Waals surface area contributed by atoms with E-state index in [-0.39, 0.29) is 11.9 Å². The Morgan fingerprint density at radius 3 is 2.69 bits per heavy atom. The lowest BCUT2D eigenvalue weighted by atomic mass is 10.1. The maximum absolute atomic E-state index is 14.3. The summed E-state index contributed by atoms with van der Waals surface area (Å²) >= 11 is 0. The third kappa shape index (κ3) is 6.56. The van der Waals surface area contributed by atoms with E-state index < -0.39 is 10.8 Å². The zero-order valence-electron chi connectivity index (χ0n) is 16.9. The van der Waals surface area contributed by atoms with Gasteiger partial charge in [0, 0.05) is 24.2 Å². The molecule has 2 unspecified atom stereocenters. The summed E-state index contributed by atoms with van der Waals surface area (Å²) in [5.74, 6) is 1.59. The van der Waals surface area contributed by atoms with Gasteiger partial charge in [-0.15, -0.1) is 0 Å². The van der Waals surface area contributed by atoms with Crippen LogP contribution in [0.4, 0.5) is 4.39 Å². The van der Waals surface area contributed by atoms with Crippen molar-refractivity contribution in [3.63, 3.8) is 0 Å². The smallest absolute Gasteiger partial charge is 0.191 e. The molecule has 0 aliphatic heterocycles. The van der Waals surface area contributed by atoms with Gasteiger partial charge in [-0.1, -0.05) is 24.3 Å². The van der Waals surface area contributed by atoms with E-state index in [0.717, 1.165) is 10.5 Å². The van der Waals surface area contributed by atoms with Crippen LogP contribution in [0.3, 0.4) is 0 Å². The van der Waals surface area contributed by atoms with E-state index >= 15 is 0 Å². The number of guanidine groups is 1. The molecule has 1 fully saturated rings. The van der Waals surface area contributed by atoms with Gasteiger partial charge in [-0.2, -0.15) is 0 Å². The van der Waals surface area contributed by atoms with E-state index in [1.54, 1.807) is 13.1 Å². The van der Waals surface area contributed by atoms with Gasteiger partial charge in [-0.25, -0.2) is 4.39 Å². The molecule has 5 nitrogen and oxygen atoms in total. The maximum atomic E-state index is 14.3. The molecule has 2 aromatic rings. The Hall–Kier alpha value is -2.41. The molecule has 0 radical (unpaired) electrons. The number of hydrogen-bond acceptors (Lipinski definition) is 3. The van der Waals surface area contributed by atoms with E-state index in [0.29, 0.717) is 36.5 Å². The number of rotatable bonds is 9. The van der Waals surface area contributed by atoms with Crippen molar-refractivity contribution in [1.29, 1.82) is 0 Å². The van der Waals surface area contributed by atoms with Crippen LogP contribution in [0.5, 0.6) is 5.75 Å². The zero-order chi connectivity index (χ0) is 20.6. The minimum absolute atomic E-state index is 0.146. The molecule has 2 N–H and O–H groups in total. The van der Waals surface area contributed by atoms with Crippen molar-refractivity contribution in [3.05, 3.63) is 59.9 Å². The largest absolute Gasteiger partial charge is 0.490 e. The van der Waals surface area contributed by atoms with Crippen molar-refractivity contribution >= 4 is 16.8 Å². The Kier molecular flexibility index (Phi) is 7.63. The number of nitrogens with zero attached hydrogens (tertiary/aromatic N) is 1. The second kappa shape index (κ2) is 10.4. The van der Waals surface area contributed by atoms with Crippen LogP contribution < -0.4 is 15.4 Å². The highest BCUT2D eigenvalue weighted by Gasteiger charge is 2.22. The molecular formula is C22H28FN3O2S. The van der Waals surface area contributed by atoms with Crippen molar-refractivity contribution in [3.8, 4) is 5.75 Å². The standard InChI is InChI=1S/C22H28FN3O2S/c1-16(18-10-11-21(20(23)14-18)28-15-17-8-9-17)26-22(24-2)25-12-13-29(27)19-6-4-3-5-7-19/h3-7,10-11,14,16-17H,8-9,12-13,15H2,1-2H3,(H2,24,25,26). The quantitative estimate of drug-likeness (QED) is 0.483. The van der Waals surface area contributed by atoms with E-state index in [1.807, 2.05) is 43.3 Å². The minimum atomic E-state index is -1.07. The molecule has 0 bridgehead atoms. The van der Waals surface area contributed by atoms with Crippen molar-refractivity contribution in [2.24, 2.45) is 10.9 Å². The Labute approximate surface area is 174 Å². The summed E-state index contributed by atoms with van der Waals surface area (Å²) in [5, 5.41) is 6.40. The molecule has 0 aromatic heterocycles. The van der Waals surface area contributed by atoms with Crippen LogP contribution in [0, 0.1) is 11.7 Å². The summed E-state index contributed by atoms with van der Waals surface area (Å²) < 4.78 is 32.2. The van der Waals surface area contributed by atoms with Gasteiger partial charge >= 0.3 is 0 Å². The van der Waals surface area contributed by atoms with E-state index in [2.05, 4.69) is 15.6 Å². The first kappa shape index (κ1) is 21.3. The fourth-order valence-electron chi connectivity index (χ4n) is 2.83. The average molecular weight is 418 g/mol. The number of nitrogens with one attached hydrogen (secondary N) is 2. The third-order valence-corrected chi connectivity index (χ3v) is 6.16. The number of benzene rings is 2. The Morgan fingerprint density at radius 2 is 2.03 bits per heavy atom. The molecule has 0 spiro atoms. The Morgan fingerprint density at radius 1 is 1.28 bits per heavy atom. The van der Waals surface area contributed by atoms with Gasteiger partial charge in [-0.3, -0.25) is 9.20 Å². The molecule has 7 heteroatoms. The molecule has 29 heavy (non-hydrogen) atoms. The number of hydrogen-bond donors (Lipinski definition) is 2. The highest BCUT2D eigenvalue weighted by molar-refractivity contribution is 7.85. The topological polar surface area (TPSA) is 62.7 Å². The van der Waals surface area contributed by atoms with Gasteiger partial charge in [0.05, 0.1) is 23.4 Å². The molecule has 0 amide bonds. The minimum Gasteiger partial charge on any atom is -0.490 e. The summed E-state index contributed by atoms with van der Waals surface area (Å²) in [7, 11) is 0.606. The van der Waals surface area contributed by atoms with Crippen LogP contribution in [0.2, 0.25) is 0 Å². The van der Waals surface area contributed by atoms with Crippen LogP contribution in [-0.4, -0.2) is 36.1 Å². The van der Waals surface area contributed by atoms with Gasteiger partial charge in [-0.05, 0) is 55.5 Å². The molecule has 2 atom stereocenters. The summed E-state index contributed by atoms with van der Waals surface area (Å²) in [4.78, 5) is 5.01. The second-order valence-corrected chi connectivity index (χ2v) is 8.74. The first-order valence-corrected chi connectivity index (χ1v) is 11.2. The van der Waals surface area contributed by atoms with Gasteiger partial charge in [0.2, 0.25) is 0 Å². The molecule has 1 aliphatic rings. The van der Waals surface area contributed by atoms with Crippen LogP contribution >= 0.6 is 0 Å².